The molecule has 3 aliphatic rings. The van der Waals surface area contributed by atoms with E-state index in [1.165, 1.54) is 11.1 Å². The molecule has 1 N–H and O–H groups in total. The molecule has 6 nitrogen and oxygen atoms in total. The van der Waals surface area contributed by atoms with E-state index in [1.807, 2.05) is 26.0 Å². The van der Waals surface area contributed by atoms with Gasteiger partial charge in [0.25, 0.3) is 0 Å². The third kappa shape index (κ3) is 4.84. The van der Waals surface area contributed by atoms with Gasteiger partial charge in [-0.05, 0) is 74.4 Å². The molecule has 0 amide bonds. The predicted molar refractivity (Wildman–Crippen MR) is 134 cm³/mol. The van der Waals surface area contributed by atoms with Crippen molar-refractivity contribution < 1.29 is 13.5 Å². The van der Waals surface area contributed by atoms with E-state index in [9.17, 15) is 13.5 Å². The average molecular weight is 478 g/mol. The summed E-state index contributed by atoms with van der Waals surface area (Å²) < 4.78 is 27.0. The van der Waals surface area contributed by atoms with E-state index in [0.717, 1.165) is 32.4 Å². The number of benzene rings is 1. The maximum absolute atomic E-state index is 12.6. The van der Waals surface area contributed by atoms with E-state index in [1.54, 1.807) is 4.31 Å². The highest BCUT2D eigenvalue weighted by molar-refractivity contribution is 7.89. The molecule has 2 fully saturated rings. The largest absolute Gasteiger partial charge is 0.508 e. The van der Waals surface area contributed by atoms with Crippen LogP contribution in [-0.4, -0.2) is 85.7 Å². The molecule has 2 aliphatic heterocycles. The minimum absolute atomic E-state index is 0.159. The summed E-state index contributed by atoms with van der Waals surface area (Å²) in [5.74, 6) is 1.58. The third-order valence-electron chi connectivity index (χ3n) is 8.42. The first-order chi connectivity index (χ1) is 15.4. The number of fused-ring (bicyclic) bond motifs is 2. The number of aromatic hydroxyl groups is 1. The van der Waals surface area contributed by atoms with Crippen molar-refractivity contribution in [2.45, 2.75) is 65.0 Å². The fourth-order valence-corrected chi connectivity index (χ4v) is 8.94. The quantitative estimate of drug-likeness (QED) is 0.681. The zero-order chi connectivity index (χ0) is 24.1. The molecule has 186 valence electrons. The number of phenolic OH excluding ortho intramolecular Hbond substituents is 1. The first-order valence-electron chi connectivity index (χ1n) is 12.6. The van der Waals surface area contributed by atoms with E-state index < -0.39 is 10.0 Å². The highest BCUT2D eigenvalue weighted by atomic mass is 32.2. The third-order valence-corrected chi connectivity index (χ3v) is 10.7. The zero-order valence-corrected chi connectivity index (χ0v) is 22.1. The van der Waals surface area contributed by atoms with Gasteiger partial charge in [-0.25, -0.2) is 12.7 Å². The summed E-state index contributed by atoms with van der Waals surface area (Å²) in [6.07, 6.45) is 2.91. The zero-order valence-electron chi connectivity index (χ0n) is 21.3. The van der Waals surface area contributed by atoms with Gasteiger partial charge in [0.1, 0.15) is 5.75 Å². The van der Waals surface area contributed by atoms with Gasteiger partial charge in [0.05, 0.1) is 5.75 Å². The summed E-state index contributed by atoms with van der Waals surface area (Å²) in [5.41, 5.74) is 2.89. The van der Waals surface area contributed by atoms with Crippen molar-refractivity contribution in [2.24, 2.45) is 17.3 Å². The summed E-state index contributed by atoms with van der Waals surface area (Å²) in [5, 5.41) is 10.2. The second kappa shape index (κ2) is 9.14. The van der Waals surface area contributed by atoms with Crippen molar-refractivity contribution >= 4 is 10.0 Å². The van der Waals surface area contributed by atoms with E-state index >= 15 is 0 Å². The van der Waals surface area contributed by atoms with Gasteiger partial charge in [0.2, 0.25) is 10.0 Å². The molecule has 2 saturated heterocycles. The topological polar surface area (TPSA) is 64.1 Å². The molecule has 0 aromatic heterocycles. The van der Waals surface area contributed by atoms with Gasteiger partial charge in [-0.15, -0.1) is 0 Å². The number of hydrogen-bond donors (Lipinski definition) is 1. The molecular weight excluding hydrogens is 434 g/mol. The molecule has 0 radical (unpaired) electrons. The second-order valence-electron chi connectivity index (χ2n) is 11.8. The van der Waals surface area contributed by atoms with Crippen LogP contribution in [0.15, 0.2) is 18.2 Å². The highest BCUT2D eigenvalue weighted by Crippen LogP contribution is 2.50. The number of rotatable bonds is 6. The maximum Gasteiger partial charge on any atom is 0.214 e. The van der Waals surface area contributed by atoms with Gasteiger partial charge in [0.15, 0.2) is 0 Å². The van der Waals surface area contributed by atoms with Gasteiger partial charge in [0, 0.05) is 43.7 Å². The van der Waals surface area contributed by atoms with Crippen LogP contribution in [0.25, 0.3) is 0 Å². The molecule has 4 atom stereocenters. The molecule has 4 unspecified atom stereocenters. The lowest BCUT2D eigenvalue weighted by molar-refractivity contribution is -0.0898. The van der Waals surface area contributed by atoms with E-state index in [4.69, 9.17) is 0 Å². The second-order valence-corrected chi connectivity index (χ2v) is 13.8. The van der Waals surface area contributed by atoms with Crippen molar-refractivity contribution in [1.29, 1.82) is 0 Å². The monoisotopic (exact) mass is 477 g/mol. The van der Waals surface area contributed by atoms with Crippen LogP contribution in [0.5, 0.6) is 5.75 Å². The lowest BCUT2D eigenvalue weighted by atomic mass is 9.67. The van der Waals surface area contributed by atoms with Gasteiger partial charge in [-0.1, -0.05) is 33.8 Å². The van der Waals surface area contributed by atoms with Crippen molar-refractivity contribution in [3.05, 3.63) is 29.3 Å². The number of hydrogen-bond acceptors (Lipinski definition) is 5. The summed E-state index contributed by atoms with van der Waals surface area (Å²) in [4.78, 5) is 5.05. The molecule has 0 bridgehead atoms. The van der Waals surface area contributed by atoms with E-state index in [0.29, 0.717) is 42.8 Å². The van der Waals surface area contributed by atoms with Crippen molar-refractivity contribution in [3.8, 4) is 5.75 Å². The molecule has 4 rings (SSSR count). The molecule has 0 saturated carbocycles. The van der Waals surface area contributed by atoms with Crippen molar-refractivity contribution in [3.63, 3.8) is 0 Å². The Labute approximate surface area is 201 Å². The molecule has 1 aromatic carbocycles. The summed E-state index contributed by atoms with van der Waals surface area (Å²) in [6.45, 7) is 12.1. The van der Waals surface area contributed by atoms with Crippen LogP contribution >= 0.6 is 0 Å². The Morgan fingerprint density at radius 1 is 1.24 bits per heavy atom. The minimum Gasteiger partial charge on any atom is -0.508 e. The Hall–Kier alpha value is -1.15. The Morgan fingerprint density at radius 2 is 1.91 bits per heavy atom. The lowest BCUT2D eigenvalue weighted by Gasteiger charge is -2.59. The van der Waals surface area contributed by atoms with Gasteiger partial charge in [-0.3, -0.25) is 0 Å². The average Bonchev–Trinajstić information content (AvgIpc) is 2.78. The van der Waals surface area contributed by atoms with E-state index in [-0.39, 0.29) is 17.1 Å². The maximum atomic E-state index is 12.6. The number of sulfonamides is 1. The first-order valence-corrected chi connectivity index (χ1v) is 14.2. The van der Waals surface area contributed by atoms with Crippen LogP contribution < -0.4 is 0 Å². The van der Waals surface area contributed by atoms with Crippen molar-refractivity contribution in [2.75, 3.05) is 46.0 Å². The van der Waals surface area contributed by atoms with E-state index in [2.05, 4.69) is 43.8 Å². The molecule has 1 aromatic rings. The fraction of sp³-hybridized carbons (Fsp3) is 0.769. The predicted octanol–water partition coefficient (Wildman–Crippen LogP) is 3.37. The Morgan fingerprint density at radius 3 is 2.52 bits per heavy atom. The van der Waals surface area contributed by atoms with Crippen LogP contribution in [0.4, 0.5) is 0 Å². The smallest absolute Gasteiger partial charge is 0.214 e. The van der Waals surface area contributed by atoms with Crippen LogP contribution in [0.2, 0.25) is 0 Å². The molecule has 7 heteroatoms. The molecule has 33 heavy (non-hydrogen) atoms. The number of nitrogens with zero attached hydrogens (tertiary/aromatic N) is 3. The van der Waals surface area contributed by atoms with Gasteiger partial charge in [-0.2, -0.15) is 0 Å². The summed E-state index contributed by atoms with van der Waals surface area (Å²) >= 11 is 0. The highest BCUT2D eigenvalue weighted by Gasteiger charge is 2.55. The van der Waals surface area contributed by atoms with Gasteiger partial charge < -0.3 is 14.9 Å². The SMILES string of the molecule is CC(C)CS(=O)(=O)N1CCC(CN(C)C2C(C)c3cc(O)ccc3CC3(C)CN(C)C23)CC1. The number of likely N-dealkylation sites (N-methyl/N-ethyl adjacent to an activating group) is 2. The summed E-state index contributed by atoms with van der Waals surface area (Å²) in [7, 11) is 1.36. The summed E-state index contributed by atoms with van der Waals surface area (Å²) in [6, 6.07) is 6.76. The Kier molecular flexibility index (Phi) is 6.91. The van der Waals surface area contributed by atoms with Crippen molar-refractivity contribution in [1.82, 2.24) is 14.1 Å². The number of piperidine rings is 1. The molecular formula is C26H43N3O3S. The normalized spacial score (nSPS) is 31.8. The van der Waals surface area contributed by atoms with Crippen LogP contribution in [0.1, 0.15) is 57.6 Å². The standard InChI is InChI=1S/C26H43N3O3S/c1-18(2)16-33(31,32)29-11-9-20(10-12-29)15-27(5)24-19(3)23-13-22(30)8-7-21(23)14-26(4)17-28(6)25(24)26/h7-8,13,18-20,24-25,30H,9-12,14-17H2,1-6H3. The molecule has 2 heterocycles. The number of likely N-dealkylation sites (tertiary alicyclic amines) is 1. The van der Waals surface area contributed by atoms with Gasteiger partial charge >= 0.3 is 0 Å². The molecule has 1 aliphatic carbocycles. The fourth-order valence-electron chi connectivity index (χ4n) is 7.12. The number of phenols is 1. The first kappa shape index (κ1) is 25.0. The Balaban J connectivity index is 1.49. The minimum atomic E-state index is -3.14. The molecule has 0 spiro atoms. The Bertz CT molecular complexity index is 958. The lowest BCUT2D eigenvalue weighted by Crippen LogP contribution is -2.69. The van der Waals surface area contributed by atoms with Crippen LogP contribution in [0, 0.1) is 17.3 Å². The van der Waals surface area contributed by atoms with Crippen LogP contribution in [0.3, 0.4) is 0 Å². The van der Waals surface area contributed by atoms with Crippen LogP contribution in [-0.2, 0) is 16.4 Å².